The van der Waals surface area contributed by atoms with Gasteiger partial charge in [0.25, 0.3) is 10.0 Å². The molecule has 3 aromatic rings. The van der Waals surface area contributed by atoms with Gasteiger partial charge in [-0.3, -0.25) is 4.72 Å². The fourth-order valence-electron chi connectivity index (χ4n) is 4.87. The fraction of sp³-hybridized carbons (Fsp3) is 0.308. The van der Waals surface area contributed by atoms with Gasteiger partial charge in [0, 0.05) is 13.1 Å². The average molecular weight is 498 g/mol. The van der Waals surface area contributed by atoms with Crippen molar-refractivity contribution in [2.75, 3.05) is 28.2 Å². The number of benzene rings is 3. The van der Waals surface area contributed by atoms with Gasteiger partial charge in [-0.1, -0.05) is 42.3 Å². The van der Waals surface area contributed by atoms with E-state index in [1.807, 2.05) is 18.2 Å². The topological polar surface area (TPSA) is 61.9 Å². The molecule has 34 heavy (non-hydrogen) atoms. The molecule has 1 fully saturated rings. The van der Waals surface area contributed by atoms with Crippen LogP contribution in [0, 0.1) is 0 Å². The second-order valence-electron chi connectivity index (χ2n) is 8.74. The summed E-state index contributed by atoms with van der Waals surface area (Å²) in [5.41, 5.74) is 3.57. The molecule has 8 heteroatoms. The smallest absolute Gasteiger partial charge is 0.262 e. The number of para-hydroxylation sites is 1. The molecule has 2 aliphatic heterocycles. The highest BCUT2D eigenvalue weighted by Gasteiger charge is 2.37. The van der Waals surface area contributed by atoms with E-state index >= 15 is 0 Å². The Morgan fingerprint density at radius 2 is 1.79 bits per heavy atom. The minimum atomic E-state index is -3.80. The normalized spacial score (nSPS) is 17.6. The van der Waals surface area contributed by atoms with E-state index in [1.165, 1.54) is 6.42 Å². The van der Waals surface area contributed by atoms with Crippen molar-refractivity contribution in [1.82, 2.24) is 0 Å². The van der Waals surface area contributed by atoms with Crippen molar-refractivity contribution in [2.24, 2.45) is 0 Å². The molecule has 0 spiro atoms. The van der Waals surface area contributed by atoms with Crippen molar-refractivity contribution in [3.63, 3.8) is 0 Å². The summed E-state index contributed by atoms with van der Waals surface area (Å²) in [5.74, 6) is 0.820. The van der Waals surface area contributed by atoms with E-state index in [0.717, 1.165) is 48.5 Å². The molecule has 3 aromatic carbocycles. The first-order chi connectivity index (χ1) is 16.5. The molecule has 1 saturated heterocycles. The molecule has 0 aromatic heterocycles. The molecule has 5 rings (SSSR count). The largest absolute Gasteiger partial charge is 0.497 e. The summed E-state index contributed by atoms with van der Waals surface area (Å²) in [5, 5.41) is 0.363. The van der Waals surface area contributed by atoms with Gasteiger partial charge in [-0.25, -0.2) is 8.42 Å². The first-order valence-corrected chi connectivity index (χ1v) is 13.4. The molecule has 0 radical (unpaired) electrons. The van der Waals surface area contributed by atoms with Crippen molar-refractivity contribution < 1.29 is 13.2 Å². The average Bonchev–Trinajstić information content (AvgIpc) is 2.98. The van der Waals surface area contributed by atoms with Crippen LogP contribution in [0.1, 0.15) is 31.2 Å². The Balaban J connectivity index is 1.51. The summed E-state index contributed by atoms with van der Waals surface area (Å²) in [6.45, 7) is 1.67. The van der Waals surface area contributed by atoms with E-state index in [2.05, 4.69) is 26.7 Å². The molecular formula is C26H28ClN3O3S. The van der Waals surface area contributed by atoms with Crippen molar-refractivity contribution >= 4 is 38.7 Å². The number of hydrogen-bond donors (Lipinski definition) is 1. The maximum atomic E-state index is 13.2. The van der Waals surface area contributed by atoms with Gasteiger partial charge < -0.3 is 14.5 Å². The second-order valence-corrected chi connectivity index (χ2v) is 10.8. The van der Waals surface area contributed by atoms with E-state index in [0.29, 0.717) is 17.3 Å². The summed E-state index contributed by atoms with van der Waals surface area (Å²) < 4.78 is 34.4. The number of halogens is 1. The van der Waals surface area contributed by atoms with Crippen LogP contribution in [-0.4, -0.2) is 28.2 Å². The molecule has 0 bridgehead atoms. The SMILES string of the molecule is COc1ccc(CN2c3cc(S(=O)(=O)Nc4ccccc4Cl)ccc3N3CCCCCC32)cc1. The molecule has 178 valence electrons. The van der Waals surface area contributed by atoms with Crippen molar-refractivity contribution in [3.05, 3.63) is 77.3 Å². The van der Waals surface area contributed by atoms with Gasteiger partial charge in [-0.2, -0.15) is 0 Å². The zero-order valence-corrected chi connectivity index (χ0v) is 20.6. The molecule has 2 heterocycles. The third kappa shape index (κ3) is 4.42. The monoisotopic (exact) mass is 497 g/mol. The highest BCUT2D eigenvalue weighted by Crippen LogP contribution is 2.44. The lowest BCUT2D eigenvalue weighted by Crippen LogP contribution is -2.42. The number of fused-ring (bicyclic) bond motifs is 3. The minimum Gasteiger partial charge on any atom is -0.497 e. The van der Waals surface area contributed by atoms with Crippen LogP contribution in [0.25, 0.3) is 0 Å². The summed E-state index contributed by atoms with van der Waals surface area (Å²) in [6, 6.07) is 20.3. The number of rotatable bonds is 6. The molecule has 1 unspecified atom stereocenters. The van der Waals surface area contributed by atoms with Gasteiger partial charge in [-0.15, -0.1) is 0 Å². The van der Waals surface area contributed by atoms with Crippen molar-refractivity contribution in [3.8, 4) is 5.75 Å². The number of nitrogens with zero attached hydrogens (tertiary/aromatic N) is 2. The van der Waals surface area contributed by atoms with Gasteiger partial charge in [0.05, 0.1) is 34.1 Å². The first kappa shape index (κ1) is 22.9. The number of sulfonamides is 1. The Bertz CT molecular complexity index is 1280. The molecule has 0 amide bonds. The molecule has 2 aliphatic rings. The maximum Gasteiger partial charge on any atom is 0.262 e. The van der Waals surface area contributed by atoms with Crippen LogP contribution < -0.4 is 19.3 Å². The second kappa shape index (κ2) is 9.39. The molecule has 0 saturated carbocycles. The lowest BCUT2D eigenvalue weighted by atomic mass is 10.1. The third-order valence-corrected chi connectivity index (χ3v) is 8.28. The quantitative estimate of drug-likeness (QED) is 0.461. The summed E-state index contributed by atoms with van der Waals surface area (Å²) in [4.78, 5) is 5.00. The Kier molecular flexibility index (Phi) is 6.32. The number of nitrogens with one attached hydrogen (secondary N) is 1. The Morgan fingerprint density at radius 1 is 1.00 bits per heavy atom. The zero-order valence-electron chi connectivity index (χ0n) is 19.1. The van der Waals surface area contributed by atoms with Crippen LogP contribution in [0.4, 0.5) is 17.1 Å². The van der Waals surface area contributed by atoms with Crippen LogP contribution in [0.3, 0.4) is 0 Å². The molecular weight excluding hydrogens is 470 g/mol. The van der Waals surface area contributed by atoms with Crippen molar-refractivity contribution in [2.45, 2.75) is 43.3 Å². The Hall–Kier alpha value is -2.90. The summed E-state index contributed by atoms with van der Waals surface area (Å²) in [7, 11) is -2.14. The molecule has 1 atom stereocenters. The van der Waals surface area contributed by atoms with Crippen LogP contribution in [-0.2, 0) is 16.6 Å². The van der Waals surface area contributed by atoms with Gasteiger partial charge in [0.15, 0.2) is 0 Å². The first-order valence-electron chi connectivity index (χ1n) is 11.5. The van der Waals surface area contributed by atoms with Gasteiger partial charge in [-0.05, 0) is 67.3 Å². The predicted molar refractivity (Wildman–Crippen MR) is 137 cm³/mol. The van der Waals surface area contributed by atoms with E-state index in [1.54, 1.807) is 43.5 Å². The summed E-state index contributed by atoms with van der Waals surface area (Å²) >= 11 is 6.19. The predicted octanol–water partition coefficient (Wildman–Crippen LogP) is 5.88. The molecule has 0 aliphatic carbocycles. The van der Waals surface area contributed by atoms with E-state index in [-0.39, 0.29) is 11.1 Å². The van der Waals surface area contributed by atoms with Crippen LogP contribution in [0.5, 0.6) is 5.75 Å². The number of hydrogen-bond acceptors (Lipinski definition) is 5. The van der Waals surface area contributed by atoms with Crippen LogP contribution in [0.15, 0.2) is 71.6 Å². The standard InChI is InChI=1S/C26H28ClN3O3S/c1-33-20-12-10-19(11-13-20)18-30-25-17-21(34(31,32)28-23-8-5-4-7-22(23)27)14-15-24(25)29-16-6-2-3-9-26(29)30/h4-5,7-8,10-15,17,26,28H,2-3,6,9,16,18H2,1H3. The van der Waals surface area contributed by atoms with E-state index in [9.17, 15) is 8.42 Å². The molecule has 6 nitrogen and oxygen atoms in total. The van der Waals surface area contributed by atoms with E-state index < -0.39 is 10.0 Å². The Labute approximate surface area is 206 Å². The summed E-state index contributed by atoms with van der Waals surface area (Å²) in [6.07, 6.45) is 4.78. The van der Waals surface area contributed by atoms with Crippen LogP contribution >= 0.6 is 11.6 Å². The van der Waals surface area contributed by atoms with Crippen molar-refractivity contribution in [1.29, 1.82) is 0 Å². The van der Waals surface area contributed by atoms with E-state index in [4.69, 9.17) is 16.3 Å². The number of ether oxygens (including phenoxy) is 1. The maximum absolute atomic E-state index is 13.2. The van der Waals surface area contributed by atoms with Gasteiger partial charge in [0.2, 0.25) is 0 Å². The lowest BCUT2D eigenvalue weighted by molar-refractivity contribution is 0.414. The highest BCUT2D eigenvalue weighted by molar-refractivity contribution is 7.92. The Morgan fingerprint density at radius 3 is 2.56 bits per heavy atom. The minimum absolute atomic E-state index is 0.217. The highest BCUT2D eigenvalue weighted by atomic mass is 35.5. The molecule has 1 N–H and O–H groups in total. The van der Waals surface area contributed by atoms with Gasteiger partial charge >= 0.3 is 0 Å². The van der Waals surface area contributed by atoms with Gasteiger partial charge in [0.1, 0.15) is 11.9 Å². The lowest BCUT2D eigenvalue weighted by Gasteiger charge is -2.31. The number of methoxy groups -OCH3 is 1. The number of anilines is 3. The fourth-order valence-corrected chi connectivity index (χ4v) is 6.20. The van der Waals surface area contributed by atoms with Crippen LogP contribution in [0.2, 0.25) is 5.02 Å². The third-order valence-electron chi connectivity index (χ3n) is 6.59. The zero-order chi connectivity index (χ0) is 23.7.